The molecule has 5 heteroatoms. The van der Waals surface area contributed by atoms with Crippen molar-refractivity contribution in [3.05, 3.63) is 29.3 Å². The van der Waals surface area contributed by atoms with Crippen LogP contribution in [0.2, 0.25) is 0 Å². The van der Waals surface area contributed by atoms with Crippen molar-refractivity contribution < 1.29 is 14.6 Å². The van der Waals surface area contributed by atoms with Crippen LogP contribution in [0.1, 0.15) is 31.9 Å². The average Bonchev–Trinajstić information content (AvgIpc) is 2.34. The molecule has 104 valence electrons. The lowest BCUT2D eigenvalue weighted by Gasteiger charge is -2.18. The van der Waals surface area contributed by atoms with E-state index in [1.165, 1.54) is 12.1 Å². The first-order valence-corrected chi connectivity index (χ1v) is 6.00. The van der Waals surface area contributed by atoms with E-state index in [0.29, 0.717) is 5.56 Å². The third-order valence-corrected chi connectivity index (χ3v) is 2.07. The quantitative estimate of drug-likeness (QED) is 0.767. The van der Waals surface area contributed by atoms with Crippen LogP contribution in [0.5, 0.6) is 5.75 Å². The van der Waals surface area contributed by atoms with Gasteiger partial charge in [-0.2, -0.15) is 5.26 Å². The van der Waals surface area contributed by atoms with Crippen molar-refractivity contribution >= 4 is 6.09 Å². The largest absolute Gasteiger partial charge is 0.507 e. The van der Waals surface area contributed by atoms with Gasteiger partial charge in [0.15, 0.2) is 0 Å². The van der Waals surface area contributed by atoms with Crippen molar-refractivity contribution in [1.82, 2.24) is 5.32 Å². The maximum absolute atomic E-state index is 11.3. The average molecular weight is 272 g/mol. The molecule has 1 rings (SSSR count). The molecule has 0 saturated carbocycles. The minimum Gasteiger partial charge on any atom is -0.507 e. The highest BCUT2D eigenvalue weighted by atomic mass is 16.6. The summed E-state index contributed by atoms with van der Waals surface area (Å²) in [5.74, 6) is 5.44. The molecule has 0 heterocycles. The topological polar surface area (TPSA) is 82.3 Å². The number of hydrogen-bond donors (Lipinski definition) is 2. The van der Waals surface area contributed by atoms with Gasteiger partial charge in [-0.15, -0.1) is 0 Å². The van der Waals surface area contributed by atoms with Gasteiger partial charge in [-0.25, -0.2) is 4.79 Å². The summed E-state index contributed by atoms with van der Waals surface area (Å²) in [6, 6.07) is 6.34. The lowest BCUT2D eigenvalue weighted by atomic mass is 10.1. The van der Waals surface area contributed by atoms with E-state index in [-0.39, 0.29) is 17.9 Å². The Hall–Kier alpha value is -2.66. The van der Waals surface area contributed by atoms with Crippen molar-refractivity contribution in [3.8, 4) is 23.7 Å². The molecule has 2 N–H and O–H groups in total. The van der Waals surface area contributed by atoms with E-state index in [2.05, 4.69) is 17.2 Å². The standard InChI is InChI=1S/C15H16N2O3/c1-15(2,3)20-14(19)17-8-4-5-11-6-7-13(18)12(9-11)10-16/h6-7,9,18H,8H2,1-3H3,(H,17,19). The second-order valence-corrected chi connectivity index (χ2v) is 5.00. The van der Waals surface area contributed by atoms with Crippen LogP contribution < -0.4 is 5.32 Å². The molecule has 1 aromatic carbocycles. The number of nitrogens with one attached hydrogen (secondary N) is 1. The van der Waals surface area contributed by atoms with E-state index >= 15 is 0 Å². The molecule has 0 spiro atoms. The van der Waals surface area contributed by atoms with E-state index in [0.717, 1.165) is 0 Å². The summed E-state index contributed by atoms with van der Waals surface area (Å²) in [6.45, 7) is 5.46. The highest BCUT2D eigenvalue weighted by Gasteiger charge is 2.14. The second-order valence-electron chi connectivity index (χ2n) is 5.00. The molecule has 0 saturated heterocycles. The van der Waals surface area contributed by atoms with Gasteiger partial charge in [-0.1, -0.05) is 11.8 Å². The predicted octanol–water partition coefficient (Wildman–Crippen LogP) is 2.14. The summed E-state index contributed by atoms with van der Waals surface area (Å²) in [4.78, 5) is 11.3. The van der Waals surface area contributed by atoms with E-state index in [9.17, 15) is 9.90 Å². The van der Waals surface area contributed by atoms with Crippen molar-refractivity contribution in [1.29, 1.82) is 5.26 Å². The van der Waals surface area contributed by atoms with Crippen LogP contribution in [0.15, 0.2) is 18.2 Å². The number of nitrogens with zero attached hydrogens (tertiary/aromatic N) is 1. The first kappa shape index (κ1) is 15.4. The van der Waals surface area contributed by atoms with Crippen molar-refractivity contribution in [2.24, 2.45) is 0 Å². The number of carbonyl (C=O) groups excluding carboxylic acids is 1. The van der Waals surface area contributed by atoms with Crippen LogP contribution in [0.3, 0.4) is 0 Å². The Bertz CT molecular complexity index is 598. The minimum absolute atomic E-state index is 0.0788. The number of alkyl carbamates (subject to hydrolysis) is 1. The van der Waals surface area contributed by atoms with Gasteiger partial charge in [-0.05, 0) is 39.0 Å². The van der Waals surface area contributed by atoms with Gasteiger partial charge in [0, 0.05) is 5.56 Å². The highest BCUT2D eigenvalue weighted by molar-refractivity contribution is 5.68. The number of phenols is 1. The number of rotatable bonds is 1. The van der Waals surface area contributed by atoms with Crippen molar-refractivity contribution in [2.75, 3.05) is 6.54 Å². The van der Waals surface area contributed by atoms with Crippen LogP contribution >= 0.6 is 0 Å². The number of nitriles is 1. The van der Waals surface area contributed by atoms with Crippen LogP contribution in [0, 0.1) is 23.2 Å². The summed E-state index contributed by atoms with van der Waals surface area (Å²) in [5.41, 5.74) is 0.207. The predicted molar refractivity (Wildman–Crippen MR) is 73.9 cm³/mol. The molecule has 5 nitrogen and oxygen atoms in total. The van der Waals surface area contributed by atoms with Crippen LogP contribution in [-0.4, -0.2) is 23.3 Å². The van der Waals surface area contributed by atoms with Gasteiger partial charge < -0.3 is 15.2 Å². The zero-order valence-electron chi connectivity index (χ0n) is 11.7. The molecule has 20 heavy (non-hydrogen) atoms. The number of aromatic hydroxyl groups is 1. The van der Waals surface area contributed by atoms with E-state index in [1.54, 1.807) is 26.8 Å². The fourth-order valence-electron chi connectivity index (χ4n) is 1.28. The van der Waals surface area contributed by atoms with Gasteiger partial charge >= 0.3 is 6.09 Å². The van der Waals surface area contributed by atoms with Crippen molar-refractivity contribution in [2.45, 2.75) is 26.4 Å². The Balaban J connectivity index is 2.56. The molecule has 0 bridgehead atoms. The Morgan fingerprint density at radius 1 is 1.45 bits per heavy atom. The molecule has 1 aromatic rings. The second kappa shape index (κ2) is 6.49. The number of carbonyl (C=O) groups is 1. The fourth-order valence-corrected chi connectivity index (χ4v) is 1.28. The van der Waals surface area contributed by atoms with Crippen molar-refractivity contribution in [3.63, 3.8) is 0 Å². The maximum atomic E-state index is 11.3. The van der Waals surface area contributed by atoms with Gasteiger partial charge in [0.05, 0.1) is 12.1 Å². The third kappa shape index (κ3) is 5.32. The molecular formula is C15H16N2O3. The molecule has 0 aliphatic carbocycles. The van der Waals surface area contributed by atoms with Crippen LogP contribution in [0.4, 0.5) is 4.79 Å². The van der Waals surface area contributed by atoms with E-state index < -0.39 is 11.7 Å². The summed E-state index contributed by atoms with van der Waals surface area (Å²) in [5, 5.41) is 20.6. The fraction of sp³-hybridized carbons (Fsp3) is 0.333. The van der Waals surface area contributed by atoms with Gasteiger partial charge in [-0.3, -0.25) is 0 Å². The molecule has 0 aliphatic rings. The Morgan fingerprint density at radius 2 is 2.15 bits per heavy atom. The molecule has 0 radical (unpaired) electrons. The summed E-state index contributed by atoms with van der Waals surface area (Å²) >= 11 is 0. The maximum Gasteiger partial charge on any atom is 0.408 e. The molecule has 0 atom stereocenters. The molecule has 0 fully saturated rings. The molecule has 0 aromatic heterocycles. The molecular weight excluding hydrogens is 256 g/mol. The minimum atomic E-state index is -0.545. The number of benzene rings is 1. The van der Waals surface area contributed by atoms with Gasteiger partial charge in [0.1, 0.15) is 17.4 Å². The third-order valence-electron chi connectivity index (χ3n) is 2.07. The summed E-state index contributed by atoms with van der Waals surface area (Å²) in [6.07, 6.45) is -0.532. The Kier molecular flexibility index (Phi) is 5.00. The zero-order valence-corrected chi connectivity index (χ0v) is 11.7. The lowest BCUT2D eigenvalue weighted by Crippen LogP contribution is -2.32. The van der Waals surface area contributed by atoms with Gasteiger partial charge in [0.25, 0.3) is 0 Å². The molecule has 1 amide bonds. The summed E-state index contributed by atoms with van der Waals surface area (Å²) < 4.78 is 5.05. The first-order valence-electron chi connectivity index (χ1n) is 6.00. The van der Waals surface area contributed by atoms with E-state index in [1.807, 2.05) is 6.07 Å². The number of amides is 1. The lowest BCUT2D eigenvalue weighted by molar-refractivity contribution is 0.0535. The Labute approximate surface area is 118 Å². The Morgan fingerprint density at radius 3 is 2.75 bits per heavy atom. The first-order chi connectivity index (χ1) is 9.31. The normalized spacial score (nSPS) is 9.90. The van der Waals surface area contributed by atoms with Gasteiger partial charge in [0.2, 0.25) is 0 Å². The van der Waals surface area contributed by atoms with E-state index in [4.69, 9.17) is 10.00 Å². The van der Waals surface area contributed by atoms with Crippen LogP contribution in [0.25, 0.3) is 0 Å². The molecule has 0 aliphatic heterocycles. The van der Waals surface area contributed by atoms with Crippen LogP contribution in [-0.2, 0) is 4.74 Å². The SMILES string of the molecule is CC(C)(C)OC(=O)NCC#Cc1ccc(O)c(C#N)c1. The number of hydrogen-bond acceptors (Lipinski definition) is 4. The number of ether oxygens (including phenoxy) is 1. The molecule has 0 unspecified atom stereocenters. The monoisotopic (exact) mass is 272 g/mol. The smallest absolute Gasteiger partial charge is 0.408 e. The number of phenolic OH excluding ortho intramolecular Hbond substituents is 1. The zero-order chi connectivity index (χ0) is 15.2. The highest BCUT2D eigenvalue weighted by Crippen LogP contribution is 2.16. The summed E-state index contributed by atoms with van der Waals surface area (Å²) in [7, 11) is 0.